The number of hydrogen-bond donors (Lipinski definition) is 5. The summed E-state index contributed by atoms with van der Waals surface area (Å²) in [6.45, 7) is 18.9. The molecule has 1 fully saturated rings. The number of para-hydroxylation sites is 1. The number of fused-ring (bicyclic) bond motifs is 1. The van der Waals surface area contributed by atoms with E-state index < -0.39 is 14.4 Å². The highest BCUT2D eigenvalue weighted by Crippen LogP contribution is 2.41. The fraction of sp³-hybridized carbons (Fsp3) is 0.434. The van der Waals surface area contributed by atoms with Crippen LogP contribution in [0.25, 0.3) is 22.0 Å². The number of phenols is 1. The van der Waals surface area contributed by atoms with E-state index in [0.717, 1.165) is 64.0 Å². The minimum absolute atomic E-state index is 0.0170. The number of piperidine rings is 1. The van der Waals surface area contributed by atoms with Crippen molar-refractivity contribution in [3.05, 3.63) is 124 Å². The molecule has 1 aromatic heterocycles. The van der Waals surface area contributed by atoms with E-state index in [0.29, 0.717) is 69.5 Å². The number of nitrogens with zero attached hydrogens (tertiary/aromatic N) is 2. The zero-order valence-electron chi connectivity index (χ0n) is 40.6. The molecule has 2 heterocycles. The number of unbranched alkanes of at least 4 members (excludes halogenated alkanes) is 1. The van der Waals surface area contributed by atoms with Crippen LogP contribution in [0.3, 0.4) is 0 Å². The molecule has 0 unspecified atom stereocenters. The molecule has 0 aliphatic carbocycles. The van der Waals surface area contributed by atoms with Gasteiger partial charge in [-0.1, -0.05) is 81.4 Å². The molecule has 1 aliphatic rings. The second kappa shape index (κ2) is 22.8. The molecule has 14 heteroatoms. The number of carbonyl (C=O) groups is 3. The summed E-state index contributed by atoms with van der Waals surface area (Å²) < 4.78 is 12.8. The first-order valence-electron chi connectivity index (χ1n) is 23.6. The lowest BCUT2D eigenvalue weighted by Gasteiger charge is -2.39. The zero-order chi connectivity index (χ0) is 48.3. The van der Waals surface area contributed by atoms with E-state index in [1.54, 1.807) is 17.0 Å². The van der Waals surface area contributed by atoms with Gasteiger partial charge in [0.05, 0.1) is 17.3 Å². The highest BCUT2D eigenvalue weighted by atomic mass is 28.4. The second-order valence-corrected chi connectivity index (χ2v) is 24.2. The standard InChI is InChI=1S/C53H70N6O7Si/c1-36-33-45(37(2)32-39(36)34-54-35-47(66-67(7,8)53(3,4)5)42-21-23-46(60)51-43(42)22-24-49(62)57-51)55-48(61)20-14-15-28-58(6)50(63)27-31-59-29-25-40(26-30-59)65-52(64)56-44-19-13-12-18-41(44)38-16-10-9-11-17-38/h9-13,16-19,21-24,32-33,40,47,54,60H,14-15,20,25-31,34-35H2,1-8H3,(H,55,61)(H,56,64)(H,57,62)/t47-/m0/s1. The number of hydrogen-bond acceptors (Lipinski definition) is 9. The number of aromatic amines is 1. The molecular formula is C53H70N6O7Si. The molecule has 1 saturated heterocycles. The maximum Gasteiger partial charge on any atom is 0.411 e. The third-order valence-corrected chi connectivity index (χ3v) is 17.9. The molecule has 1 atom stereocenters. The van der Waals surface area contributed by atoms with Gasteiger partial charge in [0.15, 0.2) is 8.32 Å². The van der Waals surface area contributed by atoms with E-state index in [1.807, 2.05) is 87.6 Å². The summed E-state index contributed by atoms with van der Waals surface area (Å²) >= 11 is 0. The Morgan fingerprint density at radius 3 is 2.33 bits per heavy atom. The van der Waals surface area contributed by atoms with Gasteiger partial charge in [0, 0.05) is 81.9 Å². The van der Waals surface area contributed by atoms with Gasteiger partial charge >= 0.3 is 6.09 Å². The quantitative estimate of drug-likeness (QED) is 0.0400. The lowest BCUT2D eigenvalue weighted by atomic mass is 10.0. The Morgan fingerprint density at radius 2 is 1.60 bits per heavy atom. The number of phenolic OH excluding ortho intramolecular Hbond substituents is 1. The molecule has 358 valence electrons. The van der Waals surface area contributed by atoms with Crippen molar-refractivity contribution in [3.63, 3.8) is 0 Å². The van der Waals surface area contributed by atoms with Gasteiger partial charge in [-0.15, -0.1) is 0 Å². The van der Waals surface area contributed by atoms with Crippen LogP contribution >= 0.6 is 0 Å². The maximum absolute atomic E-state index is 13.1. The Labute approximate surface area is 396 Å². The van der Waals surface area contributed by atoms with Crippen LogP contribution in [-0.4, -0.2) is 92.0 Å². The molecule has 0 radical (unpaired) electrons. The topological polar surface area (TPSA) is 165 Å². The van der Waals surface area contributed by atoms with Gasteiger partial charge in [-0.2, -0.15) is 0 Å². The molecule has 4 aromatic carbocycles. The Bertz CT molecular complexity index is 2550. The van der Waals surface area contributed by atoms with Gasteiger partial charge in [0.1, 0.15) is 11.9 Å². The minimum atomic E-state index is -2.23. The first kappa shape index (κ1) is 50.6. The van der Waals surface area contributed by atoms with Gasteiger partial charge in [0.25, 0.3) is 0 Å². The number of benzene rings is 4. The molecule has 3 amide bonds. The molecule has 67 heavy (non-hydrogen) atoms. The molecular weight excluding hydrogens is 861 g/mol. The number of aromatic nitrogens is 1. The number of aryl methyl sites for hydroxylation is 2. The van der Waals surface area contributed by atoms with Crippen molar-refractivity contribution in [2.75, 3.05) is 50.4 Å². The summed E-state index contributed by atoms with van der Waals surface area (Å²) in [5.41, 5.74) is 7.57. The number of H-pyrrole nitrogens is 1. The number of anilines is 2. The molecule has 5 N–H and O–H groups in total. The Kier molecular flexibility index (Phi) is 17.2. The van der Waals surface area contributed by atoms with E-state index in [2.05, 4.69) is 65.8 Å². The summed E-state index contributed by atoms with van der Waals surface area (Å²) in [5, 5.41) is 20.9. The predicted octanol–water partition coefficient (Wildman–Crippen LogP) is 10.0. The summed E-state index contributed by atoms with van der Waals surface area (Å²) in [5.74, 6) is 0.0331. The zero-order valence-corrected chi connectivity index (χ0v) is 41.6. The van der Waals surface area contributed by atoms with Crippen molar-refractivity contribution in [3.8, 4) is 16.9 Å². The highest BCUT2D eigenvalue weighted by molar-refractivity contribution is 6.74. The summed E-state index contributed by atoms with van der Waals surface area (Å²) in [4.78, 5) is 57.8. The van der Waals surface area contributed by atoms with Crippen LogP contribution in [0.15, 0.2) is 95.8 Å². The van der Waals surface area contributed by atoms with E-state index in [-0.39, 0.29) is 40.4 Å². The second-order valence-electron chi connectivity index (χ2n) is 19.4. The largest absolute Gasteiger partial charge is 0.506 e. The van der Waals surface area contributed by atoms with Crippen LogP contribution in [-0.2, 0) is 25.3 Å². The number of carbonyl (C=O) groups excluding carboxylic acids is 3. The number of rotatable bonds is 19. The number of likely N-dealkylation sites (tertiary alicyclic amines) is 1. The lowest BCUT2D eigenvalue weighted by molar-refractivity contribution is -0.130. The van der Waals surface area contributed by atoms with E-state index in [9.17, 15) is 24.3 Å². The monoisotopic (exact) mass is 931 g/mol. The third kappa shape index (κ3) is 13.9. The number of pyridine rings is 1. The van der Waals surface area contributed by atoms with Crippen molar-refractivity contribution >= 4 is 48.5 Å². The van der Waals surface area contributed by atoms with Crippen molar-refractivity contribution in [2.45, 2.75) is 110 Å². The molecule has 6 rings (SSSR count). The van der Waals surface area contributed by atoms with Gasteiger partial charge < -0.3 is 39.7 Å². The summed E-state index contributed by atoms with van der Waals surface area (Å²) in [6, 6.07) is 28.4. The number of nitrogens with one attached hydrogen (secondary N) is 4. The van der Waals surface area contributed by atoms with Gasteiger partial charge in [-0.25, -0.2) is 4.79 Å². The van der Waals surface area contributed by atoms with E-state index in [4.69, 9.17) is 9.16 Å². The Hall–Kier alpha value is -5.80. The van der Waals surface area contributed by atoms with E-state index in [1.165, 1.54) is 6.07 Å². The van der Waals surface area contributed by atoms with Crippen LogP contribution in [0.5, 0.6) is 5.75 Å². The normalized spacial score (nSPS) is 14.1. The van der Waals surface area contributed by atoms with Crippen molar-refractivity contribution in [1.82, 2.24) is 20.1 Å². The average Bonchev–Trinajstić information content (AvgIpc) is 3.29. The van der Waals surface area contributed by atoms with Crippen molar-refractivity contribution < 1.29 is 28.7 Å². The summed E-state index contributed by atoms with van der Waals surface area (Å²) in [7, 11) is -0.415. The molecule has 0 saturated carbocycles. The first-order chi connectivity index (χ1) is 31.9. The Morgan fingerprint density at radius 1 is 0.881 bits per heavy atom. The van der Waals surface area contributed by atoms with Crippen LogP contribution < -0.4 is 21.5 Å². The lowest BCUT2D eigenvalue weighted by Crippen LogP contribution is -2.43. The number of aromatic hydroxyl groups is 1. The van der Waals surface area contributed by atoms with E-state index >= 15 is 0 Å². The molecule has 0 bridgehead atoms. The van der Waals surface area contributed by atoms with Crippen LogP contribution in [0.1, 0.15) is 87.7 Å². The van der Waals surface area contributed by atoms with Crippen molar-refractivity contribution in [2.24, 2.45) is 0 Å². The Balaban J connectivity index is 0.897. The molecule has 1 aliphatic heterocycles. The fourth-order valence-electron chi connectivity index (χ4n) is 8.25. The van der Waals surface area contributed by atoms with Gasteiger partial charge in [0.2, 0.25) is 17.4 Å². The van der Waals surface area contributed by atoms with Crippen LogP contribution in [0, 0.1) is 13.8 Å². The molecule has 5 aromatic rings. The smallest absolute Gasteiger partial charge is 0.411 e. The maximum atomic E-state index is 13.1. The van der Waals surface area contributed by atoms with Crippen LogP contribution in [0.4, 0.5) is 16.2 Å². The highest BCUT2D eigenvalue weighted by Gasteiger charge is 2.40. The van der Waals surface area contributed by atoms with Gasteiger partial charge in [-0.3, -0.25) is 19.7 Å². The molecule has 0 spiro atoms. The van der Waals surface area contributed by atoms with Crippen LogP contribution in [0.2, 0.25) is 18.1 Å². The summed E-state index contributed by atoms with van der Waals surface area (Å²) in [6.07, 6.45) is 2.59. The first-order valence-corrected chi connectivity index (χ1v) is 26.5. The van der Waals surface area contributed by atoms with Crippen molar-refractivity contribution in [1.29, 1.82) is 0 Å². The van der Waals surface area contributed by atoms with Gasteiger partial charge in [-0.05, 0) is 110 Å². The number of ether oxygens (including phenoxy) is 1. The minimum Gasteiger partial charge on any atom is -0.506 e. The number of amides is 3. The SMILES string of the molecule is Cc1cc(NC(=O)CCCCN(C)C(=O)CCN2CCC(OC(=O)Nc3ccccc3-c3ccccc3)CC2)c(C)cc1CNC[C@H](O[Si](C)(C)C(C)(C)C)c1ccc(O)c2[nH]c(=O)ccc12. The predicted molar refractivity (Wildman–Crippen MR) is 271 cm³/mol. The fourth-order valence-corrected chi connectivity index (χ4v) is 9.52. The average molecular weight is 931 g/mol. The molecule has 13 nitrogen and oxygen atoms in total. The third-order valence-electron chi connectivity index (χ3n) is 13.4.